The van der Waals surface area contributed by atoms with Gasteiger partial charge in [-0.25, -0.2) is 0 Å². The van der Waals surface area contributed by atoms with E-state index in [-0.39, 0.29) is 5.91 Å². The van der Waals surface area contributed by atoms with Crippen LogP contribution in [0.3, 0.4) is 0 Å². The molecular formula is C11H13BrClNO2. The monoisotopic (exact) mass is 305 g/mol. The van der Waals surface area contributed by atoms with Crippen molar-refractivity contribution in [1.82, 2.24) is 5.32 Å². The maximum atomic E-state index is 11.7. The Labute approximate surface area is 108 Å². The van der Waals surface area contributed by atoms with Gasteiger partial charge in [0.2, 0.25) is 0 Å². The lowest BCUT2D eigenvalue weighted by Crippen LogP contribution is -2.26. The van der Waals surface area contributed by atoms with Crippen LogP contribution in [0.5, 0.6) is 0 Å². The van der Waals surface area contributed by atoms with Crippen molar-refractivity contribution in [2.24, 2.45) is 0 Å². The largest absolute Gasteiger partial charge is 0.393 e. The van der Waals surface area contributed by atoms with Gasteiger partial charge < -0.3 is 10.4 Å². The van der Waals surface area contributed by atoms with Crippen LogP contribution in [0.15, 0.2) is 22.7 Å². The fraction of sp³-hybridized carbons (Fsp3) is 0.364. The molecule has 0 aliphatic heterocycles. The normalized spacial score (nSPS) is 12.2. The van der Waals surface area contributed by atoms with Crippen LogP contribution in [0.25, 0.3) is 0 Å². The van der Waals surface area contributed by atoms with Crippen LogP contribution in [0, 0.1) is 0 Å². The van der Waals surface area contributed by atoms with Crippen molar-refractivity contribution < 1.29 is 9.90 Å². The molecule has 0 spiro atoms. The lowest BCUT2D eigenvalue weighted by atomic mass is 10.2. The van der Waals surface area contributed by atoms with Gasteiger partial charge in [0.05, 0.1) is 16.7 Å². The van der Waals surface area contributed by atoms with E-state index in [0.717, 1.165) is 4.47 Å². The number of benzene rings is 1. The third kappa shape index (κ3) is 4.12. The lowest BCUT2D eigenvalue weighted by molar-refractivity contribution is 0.0945. The first kappa shape index (κ1) is 13.5. The predicted octanol–water partition coefficient (Wildman–Crippen LogP) is 2.60. The minimum Gasteiger partial charge on any atom is -0.393 e. The number of carbonyl (C=O) groups is 1. The molecule has 0 bridgehead atoms. The Hall–Kier alpha value is -0.580. The van der Waals surface area contributed by atoms with Crippen LogP contribution in [-0.2, 0) is 0 Å². The van der Waals surface area contributed by atoms with E-state index in [1.807, 2.05) is 0 Å². The highest BCUT2D eigenvalue weighted by molar-refractivity contribution is 9.10. The van der Waals surface area contributed by atoms with Crippen molar-refractivity contribution in [1.29, 1.82) is 0 Å². The first-order valence-electron chi connectivity index (χ1n) is 4.92. The molecule has 0 heterocycles. The summed E-state index contributed by atoms with van der Waals surface area (Å²) in [6.07, 6.45) is 0.112. The fourth-order valence-corrected chi connectivity index (χ4v) is 1.92. The molecule has 2 N–H and O–H groups in total. The topological polar surface area (TPSA) is 49.3 Å². The molecule has 5 heteroatoms. The van der Waals surface area contributed by atoms with E-state index in [1.54, 1.807) is 25.1 Å². The number of carbonyl (C=O) groups excluding carboxylic acids is 1. The summed E-state index contributed by atoms with van der Waals surface area (Å²) in [5.41, 5.74) is 0.440. The molecule has 0 saturated heterocycles. The number of rotatable bonds is 4. The molecule has 88 valence electrons. The molecule has 1 unspecified atom stereocenters. The molecule has 1 amide bonds. The van der Waals surface area contributed by atoms with Gasteiger partial charge in [0, 0.05) is 11.0 Å². The minimum absolute atomic E-state index is 0.224. The molecule has 1 aromatic rings. The van der Waals surface area contributed by atoms with Crippen molar-refractivity contribution in [3.05, 3.63) is 33.3 Å². The quantitative estimate of drug-likeness (QED) is 0.898. The van der Waals surface area contributed by atoms with Crippen LogP contribution in [0.4, 0.5) is 0 Å². The molecule has 1 rings (SSSR count). The highest BCUT2D eigenvalue weighted by Gasteiger charge is 2.10. The Kier molecular flexibility index (Phi) is 5.25. The van der Waals surface area contributed by atoms with E-state index in [1.165, 1.54) is 0 Å². The maximum absolute atomic E-state index is 11.7. The SMILES string of the molecule is CC(O)CCNC(=O)c1ccc(Br)cc1Cl. The van der Waals surface area contributed by atoms with Gasteiger partial charge >= 0.3 is 0 Å². The van der Waals surface area contributed by atoms with Gasteiger partial charge in [-0.05, 0) is 31.5 Å². The van der Waals surface area contributed by atoms with E-state index >= 15 is 0 Å². The highest BCUT2D eigenvalue weighted by atomic mass is 79.9. The average Bonchev–Trinajstić information content (AvgIpc) is 2.16. The minimum atomic E-state index is -0.416. The third-order valence-electron chi connectivity index (χ3n) is 2.02. The summed E-state index contributed by atoms with van der Waals surface area (Å²) in [6.45, 7) is 2.11. The summed E-state index contributed by atoms with van der Waals surface area (Å²) < 4.78 is 0.832. The van der Waals surface area contributed by atoms with E-state index in [2.05, 4.69) is 21.2 Å². The van der Waals surface area contributed by atoms with Crippen molar-refractivity contribution >= 4 is 33.4 Å². The predicted molar refractivity (Wildman–Crippen MR) is 67.8 cm³/mol. The summed E-state index contributed by atoms with van der Waals surface area (Å²) in [5.74, 6) is -0.224. The summed E-state index contributed by atoms with van der Waals surface area (Å²) in [5, 5.41) is 12.1. The van der Waals surface area contributed by atoms with Crippen LogP contribution in [-0.4, -0.2) is 23.7 Å². The second-order valence-corrected chi connectivity index (χ2v) is 4.84. The number of hydrogen-bond donors (Lipinski definition) is 2. The van der Waals surface area contributed by atoms with Crippen LogP contribution < -0.4 is 5.32 Å². The summed E-state index contributed by atoms with van der Waals surface area (Å²) in [7, 11) is 0. The number of aliphatic hydroxyl groups excluding tert-OH is 1. The smallest absolute Gasteiger partial charge is 0.252 e. The summed E-state index contributed by atoms with van der Waals surface area (Å²) >= 11 is 9.19. The van der Waals surface area contributed by atoms with Crippen LogP contribution in [0.1, 0.15) is 23.7 Å². The molecule has 0 saturated carbocycles. The first-order chi connectivity index (χ1) is 7.50. The number of nitrogens with one attached hydrogen (secondary N) is 1. The Morgan fingerprint density at radius 1 is 1.62 bits per heavy atom. The van der Waals surface area contributed by atoms with Crippen molar-refractivity contribution in [2.75, 3.05) is 6.54 Å². The van der Waals surface area contributed by atoms with Crippen LogP contribution in [0.2, 0.25) is 5.02 Å². The molecule has 1 aromatic carbocycles. The van der Waals surface area contributed by atoms with Gasteiger partial charge in [0.1, 0.15) is 0 Å². The number of hydrogen-bond acceptors (Lipinski definition) is 2. The molecule has 16 heavy (non-hydrogen) atoms. The zero-order valence-electron chi connectivity index (χ0n) is 8.84. The van der Waals surface area contributed by atoms with Crippen LogP contribution >= 0.6 is 27.5 Å². The van der Waals surface area contributed by atoms with Crippen molar-refractivity contribution in [3.63, 3.8) is 0 Å². The molecule has 0 aliphatic rings. The average molecular weight is 307 g/mol. The second-order valence-electron chi connectivity index (χ2n) is 3.52. The molecule has 0 aromatic heterocycles. The summed E-state index contributed by atoms with van der Waals surface area (Å²) in [4.78, 5) is 11.7. The van der Waals surface area contributed by atoms with E-state index < -0.39 is 6.10 Å². The molecule has 0 fully saturated rings. The van der Waals surface area contributed by atoms with E-state index in [9.17, 15) is 4.79 Å². The molecular weight excluding hydrogens is 293 g/mol. The van der Waals surface area contributed by atoms with Gasteiger partial charge in [0.25, 0.3) is 5.91 Å². The molecule has 1 atom stereocenters. The molecule has 3 nitrogen and oxygen atoms in total. The summed E-state index contributed by atoms with van der Waals surface area (Å²) in [6, 6.07) is 5.09. The Morgan fingerprint density at radius 3 is 2.88 bits per heavy atom. The van der Waals surface area contributed by atoms with E-state index in [0.29, 0.717) is 23.6 Å². The van der Waals surface area contributed by atoms with Gasteiger partial charge in [-0.15, -0.1) is 0 Å². The van der Waals surface area contributed by atoms with Gasteiger partial charge in [-0.2, -0.15) is 0 Å². The number of halogens is 2. The van der Waals surface area contributed by atoms with Gasteiger partial charge in [-0.3, -0.25) is 4.79 Å². The lowest BCUT2D eigenvalue weighted by Gasteiger charge is -2.08. The standard InChI is InChI=1S/C11H13BrClNO2/c1-7(15)4-5-14-11(16)9-3-2-8(12)6-10(9)13/h2-3,6-7,15H,4-5H2,1H3,(H,14,16). The Balaban J connectivity index is 2.59. The zero-order chi connectivity index (χ0) is 12.1. The molecule has 0 aliphatic carbocycles. The van der Waals surface area contributed by atoms with Gasteiger partial charge in [0.15, 0.2) is 0 Å². The van der Waals surface area contributed by atoms with E-state index in [4.69, 9.17) is 16.7 Å². The first-order valence-corrected chi connectivity index (χ1v) is 6.09. The maximum Gasteiger partial charge on any atom is 0.252 e. The Bertz CT molecular complexity index is 382. The van der Waals surface area contributed by atoms with Crippen molar-refractivity contribution in [2.45, 2.75) is 19.4 Å². The fourth-order valence-electron chi connectivity index (χ4n) is 1.16. The Morgan fingerprint density at radius 2 is 2.31 bits per heavy atom. The highest BCUT2D eigenvalue weighted by Crippen LogP contribution is 2.21. The second kappa shape index (κ2) is 6.23. The number of amides is 1. The third-order valence-corrected chi connectivity index (χ3v) is 2.83. The van der Waals surface area contributed by atoms with Crippen molar-refractivity contribution in [3.8, 4) is 0 Å². The van der Waals surface area contributed by atoms with Gasteiger partial charge in [-0.1, -0.05) is 27.5 Å². The molecule has 0 radical (unpaired) electrons. The number of aliphatic hydroxyl groups is 1. The zero-order valence-corrected chi connectivity index (χ0v) is 11.2.